The zero-order chi connectivity index (χ0) is 30.0. The summed E-state index contributed by atoms with van der Waals surface area (Å²) in [6, 6.07) is 18.0. The summed E-state index contributed by atoms with van der Waals surface area (Å²) in [5.74, 6) is -0.396. The maximum atomic E-state index is 13.0. The van der Waals surface area contributed by atoms with Gasteiger partial charge in [0.15, 0.2) is 0 Å². The molecule has 1 N–H and O–H groups in total. The monoisotopic (exact) mass is 589 g/mol. The number of rotatable bonds is 11. The third-order valence-corrected chi connectivity index (χ3v) is 7.09. The Morgan fingerprint density at radius 2 is 1.79 bits per heavy atom. The quantitative estimate of drug-likeness (QED) is 0.170. The molecule has 2 aliphatic rings. The molecular weight excluding hydrogens is 550 g/mol. The largest absolute Gasteiger partial charge is 0.444 e. The van der Waals surface area contributed by atoms with Crippen LogP contribution in [-0.4, -0.2) is 42.1 Å². The molecule has 8 heteroatoms. The number of unbranched alkanes of at least 4 members (excludes halogenated alkanes) is 1. The van der Waals surface area contributed by atoms with Gasteiger partial charge in [-0.25, -0.2) is 10.3 Å². The summed E-state index contributed by atoms with van der Waals surface area (Å²) in [4.78, 5) is 34.5. The van der Waals surface area contributed by atoms with Crippen molar-refractivity contribution in [2.75, 3.05) is 24.5 Å². The van der Waals surface area contributed by atoms with Crippen LogP contribution < -0.4 is 10.4 Å². The van der Waals surface area contributed by atoms with E-state index < -0.39 is 17.6 Å². The highest BCUT2D eigenvalue weighted by atomic mass is 35.5. The molecule has 2 aromatic carbocycles. The molecule has 2 aromatic rings. The molecule has 42 heavy (non-hydrogen) atoms. The Morgan fingerprint density at radius 1 is 1.02 bits per heavy atom. The fraction of sp³-hybridized carbons (Fsp3) is 0.353. The number of amides is 2. The van der Waals surface area contributed by atoms with Gasteiger partial charge in [0.2, 0.25) is 0 Å². The van der Waals surface area contributed by atoms with Crippen molar-refractivity contribution in [2.45, 2.75) is 58.7 Å². The molecule has 0 spiro atoms. The summed E-state index contributed by atoms with van der Waals surface area (Å²) < 4.78 is 5.64. The van der Waals surface area contributed by atoms with Crippen molar-refractivity contribution < 1.29 is 19.2 Å². The van der Waals surface area contributed by atoms with Crippen LogP contribution in [0, 0.1) is 0 Å². The van der Waals surface area contributed by atoms with E-state index in [2.05, 4.69) is 40.7 Å². The summed E-state index contributed by atoms with van der Waals surface area (Å²) in [5.41, 5.74) is 7.63. The first kappa shape index (κ1) is 31.1. The smallest absolute Gasteiger partial charge is 0.410 e. The van der Waals surface area contributed by atoms with Crippen molar-refractivity contribution >= 4 is 29.3 Å². The van der Waals surface area contributed by atoms with Gasteiger partial charge in [-0.1, -0.05) is 78.4 Å². The molecule has 0 unspecified atom stereocenters. The summed E-state index contributed by atoms with van der Waals surface area (Å²) in [7, 11) is 0. The zero-order valence-electron chi connectivity index (χ0n) is 24.6. The van der Waals surface area contributed by atoms with E-state index in [1.807, 2.05) is 63.3 Å². The fourth-order valence-electron chi connectivity index (χ4n) is 4.83. The van der Waals surface area contributed by atoms with Crippen LogP contribution in [0.5, 0.6) is 0 Å². The molecule has 0 radical (unpaired) electrons. The van der Waals surface area contributed by atoms with Gasteiger partial charge in [-0.3, -0.25) is 9.63 Å². The Kier molecular flexibility index (Phi) is 11.0. The predicted molar refractivity (Wildman–Crippen MR) is 168 cm³/mol. The van der Waals surface area contributed by atoms with Crippen molar-refractivity contribution in [3.05, 3.63) is 112 Å². The Balaban J connectivity index is 1.34. The minimum atomic E-state index is -0.625. The lowest BCUT2D eigenvalue weighted by Crippen LogP contribution is -2.38. The number of fused-ring (bicyclic) bond motifs is 2. The molecule has 1 aliphatic heterocycles. The van der Waals surface area contributed by atoms with E-state index in [4.69, 9.17) is 21.2 Å². The van der Waals surface area contributed by atoms with Crippen LogP contribution in [0.15, 0.2) is 101 Å². The number of para-hydroxylation sites is 1. The molecule has 0 saturated carbocycles. The zero-order valence-corrected chi connectivity index (χ0v) is 25.4. The number of anilines is 1. The van der Waals surface area contributed by atoms with E-state index in [1.165, 1.54) is 22.9 Å². The van der Waals surface area contributed by atoms with Gasteiger partial charge in [-0.05, 0) is 75.3 Å². The Labute approximate surface area is 254 Å². The van der Waals surface area contributed by atoms with Crippen LogP contribution >= 0.6 is 11.6 Å². The third kappa shape index (κ3) is 9.36. The van der Waals surface area contributed by atoms with Crippen LogP contribution in [0.1, 0.15) is 51.2 Å². The molecule has 0 fully saturated rings. The van der Waals surface area contributed by atoms with E-state index in [9.17, 15) is 9.59 Å². The first-order chi connectivity index (χ1) is 20.2. The highest BCUT2D eigenvalue weighted by Gasteiger charge is 2.24. The molecule has 0 saturated heterocycles. The lowest BCUT2D eigenvalue weighted by Gasteiger charge is -2.31. The van der Waals surface area contributed by atoms with Gasteiger partial charge >= 0.3 is 6.09 Å². The number of hydrogen-bond donors (Lipinski definition) is 1. The molecule has 0 atom stereocenters. The molecule has 7 nitrogen and oxygen atoms in total. The van der Waals surface area contributed by atoms with E-state index in [0.29, 0.717) is 6.54 Å². The summed E-state index contributed by atoms with van der Waals surface area (Å²) >= 11 is 6.43. The molecule has 0 bridgehead atoms. The van der Waals surface area contributed by atoms with E-state index in [0.717, 1.165) is 48.5 Å². The summed E-state index contributed by atoms with van der Waals surface area (Å²) in [5, 5.41) is 0.754. The number of nitrogens with zero attached hydrogens (tertiary/aromatic N) is 2. The first-order valence-electron chi connectivity index (χ1n) is 14.4. The number of carbonyl (C=O) groups is 2. The minimum absolute atomic E-state index is 0.242. The molecule has 222 valence electrons. The van der Waals surface area contributed by atoms with Gasteiger partial charge in [-0.15, -0.1) is 0 Å². The SMILES string of the molecule is CC(C)(C)OC(=O)N(C/C=C/C(=O)NOCc1ccccc1)CCCCN1C2=CC(Cl)=CCC2=CCc2ccccc21. The lowest BCUT2D eigenvalue weighted by molar-refractivity contribution is -0.129. The number of allylic oxidation sites excluding steroid dienone is 5. The normalized spacial score (nSPS) is 14.7. The average Bonchev–Trinajstić information content (AvgIpc) is 3.10. The van der Waals surface area contributed by atoms with Crippen molar-refractivity contribution in [3.8, 4) is 0 Å². The predicted octanol–water partition coefficient (Wildman–Crippen LogP) is 7.21. The first-order valence-corrected chi connectivity index (χ1v) is 14.8. The molecule has 0 aromatic heterocycles. The number of hydroxylamine groups is 1. The van der Waals surface area contributed by atoms with Crippen molar-refractivity contribution in [2.24, 2.45) is 0 Å². The molecule has 1 aliphatic carbocycles. The van der Waals surface area contributed by atoms with Gasteiger partial charge in [0.25, 0.3) is 5.91 Å². The third-order valence-electron chi connectivity index (χ3n) is 6.82. The number of benzene rings is 2. The number of nitrogens with one attached hydrogen (secondary N) is 1. The lowest BCUT2D eigenvalue weighted by atomic mass is 10.0. The molecule has 1 heterocycles. The van der Waals surface area contributed by atoms with E-state index in [-0.39, 0.29) is 13.2 Å². The van der Waals surface area contributed by atoms with Crippen LogP contribution in [0.3, 0.4) is 0 Å². The second-order valence-electron chi connectivity index (χ2n) is 11.3. The summed E-state index contributed by atoms with van der Waals surface area (Å²) in [6.07, 6.45) is 12.3. The van der Waals surface area contributed by atoms with Gasteiger partial charge < -0.3 is 14.5 Å². The number of ether oxygens (including phenoxy) is 1. The van der Waals surface area contributed by atoms with Gasteiger partial charge in [0.05, 0.1) is 6.61 Å². The van der Waals surface area contributed by atoms with Crippen molar-refractivity contribution in [3.63, 3.8) is 0 Å². The number of carbonyl (C=O) groups excluding carboxylic acids is 2. The Morgan fingerprint density at radius 3 is 2.57 bits per heavy atom. The van der Waals surface area contributed by atoms with Crippen LogP contribution in [0.4, 0.5) is 10.5 Å². The minimum Gasteiger partial charge on any atom is -0.444 e. The number of halogens is 1. The molecule has 2 amide bonds. The maximum Gasteiger partial charge on any atom is 0.410 e. The summed E-state index contributed by atoms with van der Waals surface area (Å²) in [6.45, 7) is 7.31. The van der Waals surface area contributed by atoms with Crippen molar-refractivity contribution in [1.82, 2.24) is 10.4 Å². The standard InChI is InChI=1S/C34H40ClN3O4/c1-34(2,3)42-33(40)37(22-11-16-32(39)36-41-25-26-12-5-4-6-13-26)21-9-10-23-38-30-15-8-7-14-27(30)17-18-28-19-20-29(35)24-31(28)38/h4-8,11-16,18,20,24H,9-10,17,19,21-23,25H2,1-3H3,(H,36,39)/b16-11+. The average molecular weight is 590 g/mol. The van der Waals surface area contributed by atoms with Gasteiger partial charge in [-0.2, -0.15) is 0 Å². The van der Waals surface area contributed by atoms with Gasteiger partial charge in [0, 0.05) is 42.1 Å². The highest BCUT2D eigenvalue weighted by Crippen LogP contribution is 2.36. The van der Waals surface area contributed by atoms with Crippen LogP contribution in [0.25, 0.3) is 0 Å². The topological polar surface area (TPSA) is 71.1 Å². The van der Waals surface area contributed by atoms with Crippen molar-refractivity contribution in [1.29, 1.82) is 0 Å². The highest BCUT2D eigenvalue weighted by molar-refractivity contribution is 6.31. The van der Waals surface area contributed by atoms with Gasteiger partial charge in [0.1, 0.15) is 5.60 Å². The fourth-order valence-corrected chi connectivity index (χ4v) is 5.01. The Hall–Kier alpha value is -3.81. The Bertz CT molecular complexity index is 1360. The second kappa shape index (κ2) is 14.9. The van der Waals surface area contributed by atoms with Crippen LogP contribution in [0.2, 0.25) is 0 Å². The second-order valence-corrected chi connectivity index (χ2v) is 11.7. The molecule has 4 rings (SSSR count). The van der Waals surface area contributed by atoms with E-state index >= 15 is 0 Å². The number of hydrogen-bond acceptors (Lipinski definition) is 5. The maximum absolute atomic E-state index is 13.0. The molecular formula is C34H40ClN3O4. The van der Waals surface area contributed by atoms with E-state index in [1.54, 1.807) is 11.0 Å². The van der Waals surface area contributed by atoms with Crippen LogP contribution in [-0.2, 0) is 27.4 Å².